The highest BCUT2D eigenvalue weighted by Crippen LogP contribution is 2.35. The van der Waals surface area contributed by atoms with Crippen LogP contribution in [0.5, 0.6) is 0 Å². The number of fused-ring (bicyclic) bond motifs is 3. The molecule has 254 valence electrons. The Hall–Kier alpha value is -4.73. The first-order chi connectivity index (χ1) is 23.6. The fraction of sp³-hybridized carbons (Fsp3) is 0.333. The molecule has 0 bridgehead atoms. The zero-order valence-corrected chi connectivity index (χ0v) is 29.0. The molecular formula is C39H41ClN4O5. The third-order valence-electron chi connectivity index (χ3n) is 8.66. The molecule has 0 saturated heterocycles. The number of rotatable bonds is 11. The molecule has 0 radical (unpaired) electrons. The van der Waals surface area contributed by atoms with Crippen LogP contribution < -0.4 is 5.32 Å². The number of anilines is 1. The molecule has 0 atom stereocenters. The lowest BCUT2D eigenvalue weighted by Crippen LogP contribution is -2.50. The van der Waals surface area contributed by atoms with Gasteiger partial charge in [0.2, 0.25) is 0 Å². The maximum absolute atomic E-state index is 13.4. The second-order valence-electron chi connectivity index (χ2n) is 13.4. The van der Waals surface area contributed by atoms with Gasteiger partial charge in [-0.1, -0.05) is 60.1 Å². The Kier molecular flexibility index (Phi) is 10.3. The van der Waals surface area contributed by atoms with Gasteiger partial charge in [-0.3, -0.25) is 4.98 Å². The number of amides is 1. The fourth-order valence-corrected chi connectivity index (χ4v) is 6.49. The minimum absolute atomic E-state index is 0.0470. The Bertz CT molecular complexity index is 1960. The van der Waals surface area contributed by atoms with Crippen LogP contribution >= 0.6 is 11.6 Å². The minimum Gasteiger partial charge on any atom is -0.465 e. The second kappa shape index (κ2) is 14.8. The van der Waals surface area contributed by atoms with E-state index in [4.69, 9.17) is 30.8 Å². The quantitative estimate of drug-likeness (QED) is 0.0841. The molecule has 6 rings (SSSR count). The van der Waals surface area contributed by atoms with Gasteiger partial charge >= 0.3 is 12.1 Å². The van der Waals surface area contributed by atoms with E-state index in [0.29, 0.717) is 54.1 Å². The normalized spacial score (nSPS) is 15.9. The van der Waals surface area contributed by atoms with Gasteiger partial charge in [-0.2, -0.15) is 0 Å². The number of pyridine rings is 2. The topological polar surface area (TPSA) is 103 Å². The predicted octanol–water partition coefficient (Wildman–Crippen LogP) is 8.53. The van der Waals surface area contributed by atoms with Crippen molar-refractivity contribution in [2.24, 2.45) is 5.92 Å². The molecule has 1 amide bonds. The number of hydrogen-bond acceptors (Lipinski definition) is 8. The molecule has 3 aromatic carbocycles. The van der Waals surface area contributed by atoms with Gasteiger partial charge in [0.15, 0.2) is 0 Å². The fourth-order valence-electron chi connectivity index (χ4n) is 6.18. The van der Waals surface area contributed by atoms with Crippen LogP contribution in [0, 0.1) is 5.92 Å². The van der Waals surface area contributed by atoms with Crippen LogP contribution in [0.25, 0.3) is 32.8 Å². The summed E-state index contributed by atoms with van der Waals surface area (Å²) in [4.78, 5) is 36.4. The molecule has 0 unspecified atom stereocenters. The zero-order chi connectivity index (χ0) is 34.5. The lowest BCUT2D eigenvalue weighted by molar-refractivity contribution is -0.0185. The first-order valence-electron chi connectivity index (χ1n) is 16.5. The van der Waals surface area contributed by atoms with Crippen molar-refractivity contribution in [3.8, 4) is 11.1 Å². The summed E-state index contributed by atoms with van der Waals surface area (Å²) in [6.45, 7) is 7.68. The summed E-state index contributed by atoms with van der Waals surface area (Å²) in [6.07, 6.45) is 4.88. The summed E-state index contributed by atoms with van der Waals surface area (Å²) in [5, 5.41) is 6.84. The van der Waals surface area contributed by atoms with Crippen molar-refractivity contribution < 1.29 is 23.8 Å². The molecule has 0 spiro atoms. The number of carbonyl (C=O) groups is 2. The molecule has 1 fully saturated rings. The van der Waals surface area contributed by atoms with Crippen LogP contribution in [0.3, 0.4) is 0 Å². The number of halogens is 1. The summed E-state index contributed by atoms with van der Waals surface area (Å²) in [7, 11) is 1.36. The van der Waals surface area contributed by atoms with Gasteiger partial charge in [0, 0.05) is 64.9 Å². The predicted molar refractivity (Wildman–Crippen MR) is 193 cm³/mol. The maximum Gasteiger partial charge on any atom is 0.410 e. The summed E-state index contributed by atoms with van der Waals surface area (Å²) in [6, 6.07) is 23.3. The Morgan fingerprint density at radius 1 is 0.980 bits per heavy atom. The lowest BCUT2D eigenvalue weighted by Gasteiger charge is -2.43. The summed E-state index contributed by atoms with van der Waals surface area (Å²) < 4.78 is 16.8. The number of aromatic nitrogens is 2. The van der Waals surface area contributed by atoms with E-state index < -0.39 is 11.6 Å². The number of methoxy groups -OCH3 is 1. The number of hydrogen-bond donors (Lipinski definition) is 1. The van der Waals surface area contributed by atoms with Gasteiger partial charge in [0.05, 0.1) is 24.8 Å². The van der Waals surface area contributed by atoms with E-state index in [1.807, 2.05) is 86.3 Å². The molecule has 49 heavy (non-hydrogen) atoms. The third-order valence-corrected chi connectivity index (χ3v) is 8.97. The Balaban J connectivity index is 1.04. The highest BCUT2D eigenvalue weighted by Gasteiger charge is 2.38. The highest BCUT2D eigenvalue weighted by molar-refractivity contribution is 6.33. The standard InChI is InChI=1S/C39H41ClN4O5/c1-39(2,3)49-38(46)44(23-25-10-12-30(34(40)20-25)27-8-6-5-7-9-27)29-18-26(19-29)24-48-17-16-42-36-32-14-15-41-22-33(32)31-13-11-28(37(45)47-4)21-35(31)43-36/h5-15,20-22,26,29H,16-19,23-24H2,1-4H3,(H,42,43). The molecule has 1 saturated carbocycles. The van der Waals surface area contributed by atoms with Crippen LogP contribution in [-0.2, 0) is 20.8 Å². The molecule has 1 N–H and O–H groups in total. The number of carbonyl (C=O) groups excluding carboxylic acids is 2. The summed E-state index contributed by atoms with van der Waals surface area (Å²) in [5.41, 5.74) is 3.47. The van der Waals surface area contributed by atoms with Crippen LogP contribution in [0.2, 0.25) is 5.02 Å². The number of nitrogens with zero attached hydrogens (tertiary/aromatic N) is 3. The van der Waals surface area contributed by atoms with E-state index in [1.165, 1.54) is 7.11 Å². The van der Waals surface area contributed by atoms with Crippen LogP contribution in [0.4, 0.5) is 10.6 Å². The highest BCUT2D eigenvalue weighted by atomic mass is 35.5. The Labute approximate surface area is 291 Å². The molecule has 9 nitrogen and oxygen atoms in total. The van der Waals surface area contributed by atoms with Gasteiger partial charge in [-0.25, -0.2) is 14.6 Å². The largest absolute Gasteiger partial charge is 0.465 e. The van der Waals surface area contributed by atoms with Crippen molar-refractivity contribution in [2.45, 2.75) is 51.8 Å². The molecule has 1 aliphatic rings. The molecule has 0 aliphatic heterocycles. The van der Waals surface area contributed by atoms with E-state index >= 15 is 0 Å². The first-order valence-corrected chi connectivity index (χ1v) is 16.9. The van der Waals surface area contributed by atoms with Gasteiger partial charge in [0.25, 0.3) is 0 Å². The van der Waals surface area contributed by atoms with E-state index in [2.05, 4.69) is 10.3 Å². The molecule has 10 heteroatoms. The summed E-state index contributed by atoms with van der Waals surface area (Å²) >= 11 is 6.70. The Morgan fingerprint density at radius 3 is 2.51 bits per heavy atom. The summed E-state index contributed by atoms with van der Waals surface area (Å²) in [5.74, 6) is 0.623. The van der Waals surface area contributed by atoms with Gasteiger partial charge in [0.1, 0.15) is 11.4 Å². The van der Waals surface area contributed by atoms with Crippen molar-refractivity contribution >= 4 is 51.2 Å². The van der Waals surface area contributed by atoms with Crippen LogP contribution in [0.15, 0.2) is 85.2 Å². The molecule has 2 aromatic heterocycles. The van der Waals surface area contributed by atoms with E-state index in [1.54, 1.807) is 24.5 Å². The maximum atomic E-state index is 13.4. The monoisotopic (exact) mass is 680 g/mol. The molecule has 1 aliphatic carbocycles. The van der Waals surface area contributed by atoms with Crippen molar-refractivity contribution in [1.82, 2.24) is 14.9 Å². The Morgan fingerprint density at radius 2 is 1.78 bits per heavy atom. The van der Waals surface area contributed by atoms with Gasteiger partial charge < -0.3 is 24.4 Å². The lowest BCUT2D eigenvalue weighted by atomic mass is 9.80. The number of ether oxygens (including phenoxy) is 3. The molecule has 5 aromatic rings. The molecule has 2 heterocycles. The van der Waals surface area contributed by atoms with Crippen LogP contribution in [-0.4, -0.2) is 65.4 Å². The van der Waals surface area contributed by atoms with Crippen molar-refractivity contribution in [3.05, 3.63) is 101 Å². The number of nitrogens with one attached hydrogen (secondary N) is 1. The zero-order valence-electron chi connectivity index (χ0n) is 28.2. The van der Waals surface area contributed by atoms with Gasteiger partial charge in [-0.05, 0) is 74.9 Å². The van der Waals surface area contributed by atoms with Crippen molar-refractivity contribution in [3.63, 3.8) is 0 Å². The number of esters is 1. The number of benzene rings is 3. The SMILES string of the molecule is COC(=O)c1ccc2c(c1)nc(NCCOCC1CC(N(Cc3ccc(-c4ccccc4)c(Cl)c3)C(=O)OC(C)(C)C)C1)c1ccncc12. The third kappa shape index (κ3) is 8.12. The van der Waals surface area contributed by atoms with E-state index in [9.17, 15) is 9.59 Å². The van der Waals surface area contributed by atoms with E-state index in [-0.39, 0.29) is 12.1 Å². The average molecular weight is 681 g/mol. The van der Waals surface area contributed by atoms with Crippen molar-refractivity contribution in [2.75, 3.05) is 32.2 Å². The van der Waals surface area contributed by atoms with E-state index in [0.717, 1.165) is 45.7 Å². The van der Waals surface area contributed by atoms with Gasteiger partial charge in [-0.15, -0.1) is 0 Å². The second-order valence-corrected chi connectivity index (χ2v) is 13.8. The van der Waals surface area contributed by atoms with Crippen molar-refractivity contribution in [1.29, 1.82) is 0 Å². The molecular weight excluding hydrogens is 640 g/mol. The first kappa shape index (κ1) is 34.1. The smallest absolute Gasteiger partial charge is 0.410 e. The average Bonchev–Trinajstić information content (AvgIpc) is 3.07. The minimum atomic E-state index is -0.602. The van der Waals surface area contributed by atoms with Crippen LogP contribution in [0.1, 0.15) is 49.5 Å².